The van der Waals surface area contributed by atoms with Crippen LogP contribution in [0.3, 0.4) is 0 Å². The van der Waals surface area contributed by atoms with Crippen LogP contribution >= 0.6 is 0 Å². The number of hydrogen-bond acceptors (Lipinski definition) is 4. The molecule has 6 nitrogen and oxygen atoms in total. The Morgan fingerprint density at radius 3 is 2.36 bits per heavy atom. The van der Waals surface area contributed by atoms with Gasteiger partial charge in [-0.05, 0) is 44.1 Å². The fourth-order valence-electron chi connectivity index (χ4n) is 2.95. The lowest BCUT2D eigenvalue weighted by Crippen LogP contribution is -2.42. The van der Waals surface area contributed by atoms with Gasteiger partial charge in [-0.3, -0.25) is 0 Å². The lowest BCUT2D eigenvalue weighted by Gasteiger charge is -2.23. The number of aryl methyl sites for hydroxylation is 2. The first-order valence-corrected chi connectivity index (χ1v) is 8.88. The van der Waals surface area contributed by atoms with E-state index in [0.717, 1.165) is 18.4 Å². The molecule has 0 radical (unpaired) electrons. The molecule has 1 heterocycles. The van der Waals surface area contributed by atoms with Crippen molar-refractivity contribution in [2.75, 3.05) is 0 Å². The Kier molecular flexibility index (Phi) is 5.06. The summed E-state index contributed by atoms with van der Waals surface area (Å²) in [5, 5.41) is 9.96. The summed E-state index contributed by atoms with van der Waals surface area (Å²) >= 11 is 0. The van der Waals surface area contributed by atoms with Crippen LogP contribution in [0.4, 0.5) is 4.79 Å². The van der Waals surface area contributed by atoms with Gasteiger partial charge < -0.3 is 15.2 Å². The normalized spacial score (nSPS) is 16.5. The predicted octanol–water partition coefficient (Wildman–Crippen LogP) is 3.83. The van der Waals surface area contributed by atoms with Crippen LogP contribution in [0.1, 0.15) is 61.6 Å². The topological polar surface area (TPSA) is 80.0 Å². The quantitative estimate of drug-likeness (QED) is 0.836. The van der Waals surface area contributed by atoms with Gasteiger partial charge in [0.25, 0.3) is 0 Å². The van der Waals surface area contributed by atoms with Gasteiger partial charge >= 0.3 is 6.03 Å². The molecule has 2 unspecified atom stereocenters. The highest BCUT2D eigenvalue weighted by Crippen LogP contribution is 2.41. The molecule has 0 bridgehead atoms. The molecule has 1 aromatic heterocycles. The molecule has 1 aliphatic rings. The van der Waals surface area contributed by atoms with Crippen molar-refractivity contribution in [3.8, 4) is 0 Å². The van der Waals surface area contributed by atoms with Crippen molar-refractivity contribution in [3.63, 3.8) is 0 Å². The van der Waals surface area contributed by atoms with E-state index in [1.54, 1.807) is 6.92 Å². The summed E-state index contributed by atoms with van der Waals surface area (Å²) in [6.07, 6.45) is 2.30. The van der Waals surface area contributed by atoms with Crippen LogP contribution < -0.4 is 10.6 Å². The van der Waals surface area contributed by atoms with Crippen LogP contribution in [0.5, 0.6) is 0 Å². The van der Waals surface area contributed by atoms with Gasteiger partial charge in [0.1, 0.15) is 6.04 Å². The van der Waals surface area contributed by atoms with E-state index >= 15 is 0 Å². The number of benzene rings is 1. The zero-order valence-corrected chi connectivity index (χ0v) is 15.2. The number of carbonyl (C=O) groups excluding carboxylic acids is 1. The van der Waals surface area contributed by atoms with Gasteiger partial charge in [0.15, 0.2) is 5.82 Å². The summed E-state index contributed by atoms with van der Waals surface area (Å²) < 4.78 is 5.25. The zero-order chi connectivity index (χ0) is 18.0. The molecule has 2 aromatic rings. The Balaban J connectivity index is 1.69. The van der Waals surface area contributed by atoms with Crippen LogP contribution in [-0.4, -0.2) is 16.2 Å². The third-order valence-corrected chi connectivity index (χ3v) is 4.58. The first-order valence-electron chi connectivity index (χ1n) is 8.88. The average molecular weight is 342 g/mol. The van der Waals surface area contributed by atoms with E-state index < -0.39 is 0 Å². The summed E-state index contributed by atoms with van der Waals surface area (Å²) in [6, 6.07) is 7.90. The third kappa shape index (κ3) is 4.38. The Hall–Kier alpha value is -2.37. The lowest BCUT2D eigenvalue weighted by molar-refractivity contribution is 0.220. The SMILES string of the molecule is Cc1ccc(C(NC(=O)NC(c2nc(C)no2)C(C)C)C2CC2)cc1. The molecule has 1 aliphatic carbocycles. The number of rotatable bonds is 6. The molecule has 2 N–H and O–H groups in total. The molecule has 1 saturated carbocycles. The molecule has 134 valence electrons. The highest BCUT2D eigenvalue weighted by Gasteiger charge is 2.34. The number of nitrogens with one attached hydrogen (secondary N) is 2. The van der Waals surface area contributed by atoms with Crippen LogP contribution in [-0.2, 0) is 0 Å². The summed E-state index contributed by atoms with van der Waals surface area (Å²) in [5.41, 5.74) is 2.37. The van der Waals surface area contributed by atoms with E-state index in [2.05, 4.69) is 52.0 Å². The second kappa shape index (κ2) is 7.25. The minimum absolute atomic E-state index is 0.0397. The van der Waals surface area contributed by atoms with Gasteiger partial charge in [0.05, 0.1) is 6.04 Å². The van der Waals surface area contributed by atoms with Crippen molar-refractivity contribution in [2.45, 2.75) is 52.6 Å². The highest BCUT2D eigenvalue weighted by atomic mass is 16.5. The number of nitrogens with zero attached hydrogens (tertiary/aromatic N) is 2. The Labute approximate surface area is 148 Å². The van der Waals surface area contributed by atoms with Gasteiger partial charge in [-0.15, -0.1) is 0 Å². The molecule has 0 saturated heterocycles. The monoisotopic (exact) mass is 342 g/mol. The average Bonchev–Trinajstić information content (AvgIpc) is 3.32. The van der Waals surface area contributed by atoms with Crippen molar-refractivity contribution >= 4 is 6.03 Å². The van der Waals surface area contributed by atoms with Gasteiger partial charge in [0, 0.05) is 0 Å². The maximum Gasteiger partial charge on any atom is 0.315 e. The van der Waals surface area contributed by atoms with E-state index in [1.165, 1.54) is 5.56 Å². The summed E-state index contributed by atoms with van der Waals surface area (Å²) in [6.45, 7) is 7.87. The molecule has 3 rings (SSSR count). The minimum Gasteiger partial charge on any atom is -0.337 e. The number of hydrogen-bond donors (Lipinski definition) is 2. The Morgan fingerprint density at radius 1 is 1.16 bits per heavy atom. The summed E-state index contributed by atoms with van der Waals surface area (Å²) in [7, 11) is 0. The van der Waals surface area contributed by atoms with Crippen LogP contribution in [0.15, 0.2) is 28.8 Å². The molecule has 0 spiro atoms. The second-order valence-corrected chi connectivity index (χ2v) is 7.25. The lowest BCUT2D eigenvalue weighted by atomic mass is 10.0. The Bertz CT molecular complexity index is 719. The zero-order valence-electron chi connectivity index (χ0n) is 15.2. The molecule has 1 fully saturated rings. The summed E-state index contributed by atoms with van der Waals surface area (Å²) in [5.74, 6) is 1.67. The molecule has 6 heteroatoms. The number of amides is 2. The smallest absolute Gasteiger partial charge is 0.315 e. The fourth-order valence-corrected chi connectivity index (χ4v) is 2.95. The molecule has 25 heavy (non-hydrogen) atoms. The van der Waals surface area contributed by atoms with Gasteiger partial charge in [0.2, 0.25) is 5.89 Å². The Morgan fingerprint density at radius 2 is 1.84 bits per heavy atom. The van der Waals surface area contributed by atoms with Crippen molar-refractivity contribution in [3.05, 3.63) is 47.1 Å². The van der Waals surface area contributed by atoms with Crippen molar-refractivity contribution in [2.24, 2.45) is 11.8 Å². The van der Waals surface area contributed by atoms with E-state index in [9.17, 15) is 4.79 Å². The van der Waals surface area contributed by atoms with Crippen molar-refractivity contribution < 1.29 is 9.32 Å². The van der Waals surface area contributed by atoms with Gasteiger partial charge in [-0.1, -0.05) is 48.8 Å². The predicted molar refractivity (Wildman–Crippen MR) is 94.9 cm³/mol. The van der Waals surface area contributed by atoms with Crippen LogP contribution in [0.2, 0.25) is 0 Å². The van der Waals surface area contributed by atoms with Gasteiger partial charge in [-0.25, -0.2) is 4.79 Å². The highest BCUT2D eigenvalue weighted by molar-refractivity contribution is 5.75. The standard InChI is InChI=1S/C19H26N4O2/c1-11(2)16(18-20-13(4)23-25-18)21-19(24)22-17(15-9-10-15)14-7-5-12(3)6-8-14/h5-8,11,15-17H,9-10H2,1-4H3,(H2,21,22,24). The van der Waals surface area contributed by atoms with Gasteiger partial charge in [-0.2, -0.15) is 4.98 Å². The van der Waals surface area contributed by atoms with E-state index in [4.69, 9.17) is 4.52 Å². The fraction of sp³-hybridized carbons (Fsp3) is 0.526. The molecular formula is C19H26N4O2. The minimum atomic E-state index is -0.306. The van der Waals surface area contributed by atoms with Crippen molar-refractivity contribution in [1.29, 1.82) is 0 Å². The maximum absolute atomic E-state index is 12.6. The molecule has 1 aromatic carbocycles. The second-order valence-electron chi connectivity index (χ2n) is 7.25. The summed E-state index contributed by atoms with van der Waals surface area (Å²) in [4.78, 5) is 16.9. The van der Waals surface area contributed by atoms with E-state index in [-0.39, 0.29) is 24.0 Å². The van der Waals surface area contributed by atoms with Crippen molar-refractivity contribution in [1.82, 2.24) is 20.8 Å². The molecule has 2 amide bonds. The van der Waals surface area contributed by atoms with Crippen LogP contribution in [0, 0.1) is 25.7 Å². The number of carbonyl (C=O) groups is 1. The van der Waals surface area contributed by atoms with Crippen LogP contribution in [0.25, 0.3) is 0 Å². The first-order chi connectivity index (χ1) is 11.9. The van der Waals surface area contributed by atoms with E-state index in [0.29, 0.717) is 17.6 Å². The van der Waals surface area contributed by atoms with E-state index in [1.807, 2.05) is 13.8 Å². The maximum atomic E-state index is 12.6. The molecule has 2 atom stereocenters. The third-order valence-electron chi connectivity index (χ3n) is 4.58. The largest absolute Gasteiger partial charge is 0.337 e. The molecular weight excluding hydrogens is 316 g/mol. The number of urea groups is 1. The molecule has 0 aliphatic heterocycles. The number of aromatic nitrogens is 2. The first kappa shape index (κ1) is 17.5.